The molecule has 1 aliphatic heterocycles. The van der Waals surface area contributed by atoms with Gasteiger partial charge in [-0.15, -0.1) is 0 Å². The number of nitrogens with zero attached hydrogens (tertiary/aromatic N) is 1. The first-order chi connectivity index (χ1) is 9.58. The Morgan fingerprint density at radius 2 is 2.00 bits per heavy atom. The Labute approximate surface area is 122 Å². The molecule has 1 atom stereocenters. The van der Waals surface area contributed by atoms with Gasteiger partial charge in [-0.3, -0.25) is 9.59 Å². The van der Waals surface area contributed by atoms with Crippen LogP contribution in [0.5, 0.6) is 0 Å². The number of fused-ring (bicyclic) bond motifs is 1. The summed E-state index contributed by atoms with van der Waals surface area (Å²) in [5.41, 5.74) is 1.27. The summed E-state index contributed by atoms with van der Waals surface area (Å²) in [6, 6.07) is 10.2. The molecule has 6 heteroatoms. The third-order valence-electron chi connectivity index (χ3n) is 3.30. The van der Waals surface area contributed by atoms with E-state index < -0.39 is 11.9 Å². The zero-order valence-electron chi connectivity index (χ0n) is 10.2. The number of anilines is 1. The zero-order chi connectivity index (χ0) is 14.3. The van der Waals surface area contributed by atoms with Gasteiger partial charge in [-0.25, -0.2) is 0 Å². The zero-order valence-corrected chi connectivity index (χ0v) is 11.8. The van der Waals surface area contributed by atoms with Gasteiger partial charge >= 0.3 is 5.97 Å². The highest BCUT2D eigenvalue weighted by Crippen LogP contribution is 2.37. The van der Waals surface area contributed by atoms with Gasteiger partial charge in [-0.2, -0.15) is 0 Å². The normalized spacial score (nSPS) is 17.1. The van der Waals surface area contributed by atoms with E-state index in [1.54, 1.807) is 36.4 Å². The van der Waals surface area contributed by atoms with Crippen LogP contribution in [0.3, 0.4) is 0 Å². The Kier molecular flexibility index (Phi) is 3.10. The Hall–Kier alpha value is -2.08. The minimum atomic E-state index is -0.937. The van der Waals surface area contributed by atoms with E-state index in [4.69, 9.17) is 4.42 Å². The van der Waals surface area contributed by atoms with Crippen LogP contribution >= 0.6 is 15.9 Å². The lowest BCUT2D eigenvalue weighted by molar-refractivity contribution is -0.138. The number of benzene rings is 1. The van der Waals surface area contributed by atoms with Gasteiger partial charge in [0.2, 0.25) is 0 Å². The third kappa shape index (κ3) is 2.02. The average molecular weight is 336 g/mol. The van der Waals surface area contributed by atoms with Crippen molar-refractivity contribution < 1.29 is 19.1 Å². The standard InChI is InChI=1S/C14H10BrNO4/c15-12-6-5-11(20-12)13(17)16-7-9(14(18)19)8-3-1-2-4-10(8)16/h1-6,9H,7H2,(H,18,19)/t9-/m0/s1. The fourth-order valence-corrected chi connectivity index (χ4v) is 2.68. The predicted octanol–water partition coefficient (Wildman–Crippen LogP) is 2.87. The monoisotopic (exact) mass is 335 g/mol. The van der Waals surface area contributed by atoms with Crippen LogP contribution in [0.25, 0.3) is 0 Å². The second kappa shape index (κ2) is 4.79. The van der Waals surface area contributed by atoms with Gasteiger partial charge in [0.15, 0.2) is 10.4 Å². The van der Waals surface area contributed by atoms with Gasteiger partial charge in [0, 0.05) is 12.2 Å². The number of hydrogen-bond donors (Lipinski definition) is 1. The van der Waals surface area contributed by atoms with Gasteiger partial charge in [0.05, 0.1) is 0 Å². The lowest BCUT2D eigenvalue weighted by Crippen LogP contribution is -2.30. The number of hydrogen-bond acceptors (Lipinski definition) is 3. The summed E-state index contributed by atoms with van der Waals surface area (Å²) in [7, 11) is 0. The fraction of sp³-hybridized carbons (Fsp3) is 0.143. The predicted molar refractivity (Wildman–Crippen MR) is 74.9 cm³/mol. The molecule has 3 rings (SSSR count). The topological polar surface area (TPSA) is 70.8 Å². The smallest absolute Gasteiger partial charge is 0.312 e. The van der Waals surface area contributed by atoms with Crippen LogP contribution < -0.4 is 4.90 Å². The van der Waals surface area contributed by atoms with E-state index in [0.717, 1.165) is 0 Å². The van der Waals surface area contributed by atoms with Crippen molar-refractivity contribution in [3.63, 3.8) is 0 Å². The number of aliphatic carboxylic acids is 1. The Morgan fingerprint density at radius 1 is 1.25 bits per heavy atom. The lowest BCUT2D eigenvalue weighted by Gasteiger charge is -2.15. The molecule has 2 aromatic rings. The van der Waals surface area contributed by atoms with Crippen LogP contribution in [-0.2, 0) is 4.79 Å². The Bertz CT molecular complexity index is 694. The molecular weight excluding hydrogens is 326 g/mol. The molecule has 1 aromatic heterocycles. The number of para-hydroxylation sites is 1. The van der Waals surface area contributed by atoms with Crippen LogP contribution in [0.15, 0.2) is 45.5 Å². The molecule has 2 heterocycles. The number of rotatable bonds is 2. The third-order valence-corrected chi connectivity index (χ3v) is 3.72. The molecule has 0 unspecified atom stereocenters. The van der Waals surface area contributed by atoms with Crippen molar-refractivity contribution >= 4 is 33.5 Å². The molecule has 0 saturated carbocycles. The van der Waals surface area contributed by atoms with Crippen LogP contribution in [0, 0.1) is 0 Å². The molecule has 1 aromatic carbocycles. The van der Waals surface area contributed by atoms with Crippen LogP contribution in [0.2, 0.25) is 0 Å². The first-order valence-electron chi connectivity index (χ1n) is 5.97. The summed E-state index contributed by atoms with van der Waals surface area (Å²) in [4.78, 5) is 25.2. The quantitative estimate of drug-likeness (QED) is 0.915. The second-order valence-corrected chi connectivity index (χ2v) is 5.25. The van der Waals surface area contributed by atoms with Crippen molar-refractivity contribution in [2.75, 3.05) is 11.4 Å². The second-order valence-electron chi connectivity index (χ2n) is 4.47. The number of amides is 1. The number of carboxylic acids is 1. The summed E-state index contributed by atoms with van der Waals surface area (Å²) in [6.07, 6.45) is 0. The van der Waals surface area contributed by atoms with Crippen LogP contribution in [-0.4, -0.2) is 23.5 Å². The number of halogens is 1. The lowest BCUT2D eigenvalue weighted by atomic mass is 10.0. The molecule has 20 heavy (non-hydrogen) atoms. The number of carbonyl (C=O) groups is 2. The summed E-state index contributed by atoms with van der Waals surface area (Å²) in [5, 5.41) is 9.27. The van der Waals surface area contributed by atoms with Crippen molar-refractivity contribution in [2.45, 2.75) is 5.92 Å². The Balaban J connectivity index is 2.00. The van der Waals surface area contributed by atoms with Crippen molar-refractivity contribution in [1.29, 1.82) is 0 Å². The number of furan rings is 1. The van der Waals surface area contributed by atoms with E-state index in [9.17, 15) is 14.7 Å². The van der Waals surface area contributed by atoms with Crippen molar-refractivity contribution in [2.24, 2.45) is 0 Å². The molecule has 0 bridgehead atoms. The number of carbonyl (C=O) groups excluding carboxylic acids is 1. The van der Waals surface area contributed by atoms with Gasteiger partial charge in [0.1, 0.15) is 5.92 Å². The summed E-state index contributed by atoms with van der Waals surface area (Å²) in [6.45, 7) is 0.117. The molecule has 1 aliphatic rings. The largest absolute Gasteiger partial charge is 0.481 e. The maximum atomic E-state index is 12.4. The molecule has 0 fully saturated rings. The highest BCUT2D eigenvalue weighted by Gasteiger charge is 2.37. The molecule has 102 valence electrons. The van der Waals surface area contributed by atoms with E-state index in [1.165, 1.54) is 4.90 Å². The average Bonchev–Trinajstić information content (AvgIpc) is 3.02. The van der Waals surface area contributed by atoms with Gasteiger partial charge < -0.3 is 14.4 Å². The van der Waals surface area contributed by atoms with Gasteiger partial charge in [-0.1, -0.05) is 18.2 Å². The molecular formula is C14H10BrNO4. The minimum absolute atomic E-state index is 0.117. The first kappa shape index (κ1) is 12.9. The van der Waals surface area contributed by atoms with Gasteiger partial charge in [0.25, 0.3) is 5.91 Å². The summed E-state index contributed by atoms with van der Waals surface area (Å²) < 4.78 is 5.71. The molecule has 1 N–H and O–H groups in total. The van der Waals surface area contributed by atoms with Crippen LogP contribution in [0.1, 0.15) is 22.0 Å². The molecule has 0 saturated heterocycles. The molecule has 0 spiro atoms. The fourth-order valence-electron chi connectivity index (χ4n) is 2.37. The summed E-state index contributed by atoms with van der Waals surface area (Å²) >= 11 is 3.14. The maximum Gasteiger partial charge on any atom is 0.312 e. The van der Waals surface area contributed by atoms with E-state index in [0.29, 0.717) is 15.9 Å². The van der Waals surface area contributed by atoms with E-state index in [1.807, 2.05) is 0 Å². The molecule has 0 radical (unpaired) electrons. The molecule has 0 aliphatic carbocycles. The molecule has 1 amide bonds. The Morgan fingerprint density at radius 3 is 2.65 bits per heavy atom. The van der Waals surface area contributed by atoms with E-state index in [2.05, 4.69) is 15.9 Å². The number of carboxylic acid groups (broad SMARTS) is 1. The van der Waals surface area contributed by atoms with Crippen molar-refractivity contribution in [3.8, 4) is 0 Å². The highest BCUT2D eigenvalue weighted by atomic mass is 79.9. The van der Waals surface area contributed by atoms with E-state index >= 15 is 0 Å². The van der Waals surface area contributed by atoms with Crippen LogP contribution in [0.4, 0.5) is 5.69 Å². The minimum Gasteiger partial charge on any atom is -0.481 e. The van der Waals surface area contributed by atoms with Crippen molar-refractivity contribution in [3.05, 3.63) is 52.4 Å². The maximum absolute atomic E-state index is 12.4. The summed E-state index contributed by atoms with van der Waals surface area (Å²) in [5.74, 6) is -1.80. The molecule has 5 nitrogen and oxygen atoms in total. The highest BCUT2D eigenvalue weighted by molar-refractivity contribution is 9.10. The van der Waals surface area contributed by atoms with Crippen molar-refractivity contribution in [1.82, 2.24) is 0 Å². The van der Waals surface area contributed by atoms with E-state index in [-0.39, 0.29) is 18.2 Å². The van der Waals surface area contributed by atoms with Gasteiger partial charge in [-0.05, 0) is 39.7 Å². The first-order valence-corrected chi connectivity index (χ1v) is 6.76. The SMILES string of the molecule is O=C(O)[C@H]1CN(C(=O)c2ccc(Br)o2)c2ccccc21.